The van der Waals surface area contributed by atoms with E-state index < -0.39 is 0 Å². The highest BCUT2D eigenvalue weighted by Gasteiger charge is 2.27. The number of amides is 2. The van der Waals surface area contributed by atoms with Crippen LogP contribution in [0.15, 0.2) is 5.10 Å². The molecule has 0 aromatic heterocycles. The lowest BCUT2D eigenvalue weighted by atomic mass is 10.4. The van der Waals surface area contributed by atoms with E-state index in [-0.39, 0.29) is 24.7 Å². The van der Waals surface area contributed by atoms with Crippen molar-refractivity contribution < 1.29 is 9.59 Å². The van der Waals surface area contributed by atoms with Crippen molar-refractivity contribution in [3.63, 3.8) is 0 Å². The van der Waals surface area contributed by atoms with Crippen LogP contribution in [0, 0.1) is 0 Å². The molecule has 0 spiro atoms. The Morgan fingerprint density at radius 3 is 2.00 bits per heavy atom. The first-order valence-corrected chi connectivity index (χ1v) is 2.58. The Morgan fingerprint density at radius 2 is 1.78 bits per heavy atom. The molecule has 1 rings (SSSR count). The summed E-state index contributed by atoms with van der Waals surface area (Å²) in [6, 6.07) is 0. The van der Waals surface area contributed by atoms with Crippen molar-refractivity contribution in [2.24, 2.45) is 5.10 Å². The molecule has 0 N–H and O–H groups in total. The van der Waals surface area contributed by atoms with E-state index in [9.17, 15) is 9.59 Å². The van der Waals surface area contributed by atoms with E-state index in [1.165, 1.54) is 0 Å². The predicted octanol–water partition coefficient (Wildman–Crippen LogP) is -0.249. The van der Waals surface area contributed by atoms with Crippen LogP contribution in [0.4, 0.5) is 0 Å². The number of hydrogen-bond donors (Lipinski definition) is 0. The lowest BCUT2D eigenvalue weighted by molar-refractivity contribution is -0.138. The fourth-order valence-electron chi connectivity index (χ4n) is 0.722. The van der Waals surface area contributed by atoms with Gasteiger partial charge in [0.15, 0.2) is 0 Å². The molecule has 0 unspecified atom stereocenters. The average molecular weight is 126 g/mol. The molecule has 0 aromatic carbocycles. The number of rotatable bonds is 1. The van der Waals surface area contributed by atoms with Gasteiger partial charge >= 0.3 is 0 Å². The highest BCUT2D eigenvalue weighted by molar-refractivity contribution is 6.01. The van der Waals surface area contributed by atoms with Crippen LogP contribution >= 0.6 is 0 Å². The molecule has 0 saturated carbocycles. The molecule has 9 heavy (non-hydrogen) atoms. The summed E-state index contributed by atoms with van der Waals surface area (Å²) < 4.78 is 0. The van der Waals surface area contributed by atoms with Crippen molar-refractivity contribution in [3.05, 3.63) is 0 Å². The van der Waals surface area contributed by atoms with E-state index in [1.807, 2.05) is 0 Å². The molecule has 0 atom stereocenters. The Hall–Kier alpha value is -1.19. The Balaban J connectivity index is 2.77. The van der Waals surface area contributed by atoms with Gasteiger partial charge in [0.1, 0.15) is 0 Å². The number of nitrogens with zero attached hydrogens (tertiary/aromatic N) is 2. The first-order valence-electron chi connectivity index (χ1n) is 2.58. The molecular formula is C5H6N2O2. The molecule has 0 bridgehead atoms. The number of hydrazone groups is 1. The maximum absolute atomic E-state index is 10.6. The van der Waals surface area contributed by atoms with Crippen LogP contribution in [-0.2, 0) is 9.59 Å². The van der Waals surface area contributed by atoms with Crippen LogP contribution in [0.1, 0.15) is 12.8 Å². The molecule has 0 aliphatic carbocycles. The quantitative estimate of drug-likeness (QED) is 0.359. The zero-order valence-corrected chi connectivity index (χ0v) is 4.83. The lowest BCUT2D eigenvalue weighted by Gasteiger charge is -2.01. The fraction of sp³-hybridized carbons (Fsp3) is 0.400. The zero-order valence-electron chi connectivity index (χ0n) is 4.83. The third kappa shape index (κ3) is 0.826. The first kappa shape index (κ1) is 5.94. The molecule has 0 radical (unpaired) electrons. The second-order valence-electron chi connectivity index (χ2n) is 1.74. The van der Waals surface area contributed by atoms with Crippen molar-refractivity contribution >= 4 is 18.5 Å². The largest absolute Gasteiger partial charge is 0.272 e. The van der Waals surface area contributed by atoms with Crippen LogP contribution in [-0.4, -0.2) is 23.5 Å². The molecular weight excluding hydrogens is 120 g/mol. The van der Waals surface area contributed by atoms with Gasteiger partial charge in [0.05, 0.1) is 0 Å². The van der Waals surface area contributed by atoms with Gasteiger partial charge in [-0.3, -0.25) is 9.59 Å². The van der Waals surface area contributed by atoms with Gasteiger partial charge in [-0.1, -0.05) is 0 Å². The molecule has 0 aromatic rings. The summed E-state index contributed by atoms with van der Waals surface area (Å²) in [6.45, 7) is 3.08. The second kappa shape index (κ2) is 1.97. The van der Waals surface area contributed by atoms with Crippen LogP contribution in [0.5, 0.6) is 0 Å². The second-order valence-corrected chi connectivity index (χ2v) is 1.74. The van der Waals surface area contributed by atoms with Crippen LogP contribution < -0.4 is 0 Å². The molecule has 48 valence electrons. The molecule has 1 heterocycles. The Kier molecular flexibility index (Phi) is 1.30. The molecule has 1 saturated heterocycles. The van der Waals surface area contributed by atoms with E-state index >= 15 is 0 Å². The molecule has 1 fully saturated rings. The van der Waals surface area contributed by atoms with E-state index in [0.29, 0.717) is 0 Å². The minimum Gasteiger partial charge on any atom is -0.272 e. The number of hydrogen-bond acceptors (Lipinski definition) is 3. The monoisotopic (exact) mass is 126 g/mol. The van der Waals surface area contributed by atoms with Gasteiger partial charge in [0.2, 0.25) is 11.8 Å². The van der Waals surface area contributed by atoms with Gasteiger partial charge in [0.25, 0.3) is 0 Å². The minimum absolute atomic E-state index is 0.255. The van der Waals surface area contributed by atoms with Crippen molar-refractivity contribution in [1.82, 2.24) is 5.01 Å². The van der Waals surface area contributed by atoms with E-state index in [2.05, 4.69) is 11.8 Å². The van der Waals surface area contributed by atoms with Gasteiger partial charge in [-0.25, -0.2) is 0 Å². The molecule has 1 aliphatic heterocycles. The molecule has 4 heteroatoms. The predicted molar refractivity (Wildman–Crippen MR) is 30.6 cm³/mol. The van der Waals surface area contributed by atoms with Crippen molar-refractivity contribution in [2.75, 3.05) is 0 Å². The average Bonchev–Trinajstić information content (AvgIpc) is 2.12. The Bertz CT molecular complexity index is 160. The van der Waals surface area contributed by atoms with Crippen LogP contribution in [0.3, 0.4) is 0 Å². The van der Waals surface area contributed by atoms with Gasteiger partial charge in [-0.05, 0) is 0 Å². The fourth-order valence-corrected chi connectivity index (χ4v) is 0.722. The van der Waals surface area contributed by atoms with Gasteiger partial charge in [0, 0.05) is 19.6 Å². The summed E-state index contributed by atoms with van der Waals surface area (Å²) in [4.78, 5) is 21.2. The van der Waals surface area contributed by atoms with E-state index in [0.717, 1.165) is 5.01 Å². The maximum Gasteiger partial charge on any atom is 0.250 e. The number of carbonyl (C=O) groups is 2. The normalized spacial score (nSPS) is 18.9. The van der Waals surface area contributed by atoms with Gasteiger partial charge in [-0.15, -0.1) is 0 Å². The van der Waals surface area contributed by atoms with Crippen LogP contribution in [0.25, 0.3) is 0 Å². The first-order chi connectivity index (χ1) is 4.25. The zero-order chi connectivity index (χ0) is 6.85. The van der Waals surface area contributed by atoms with Gasteiger partial charge in [-0.2, -0.15) is 10.1 Å². The summed E-state index contributed by atoms with van der Waals surface area (Å²) in [5.41, 5.74) is 0. The lowest BCUT2D eigenvalue weighted by Crippen LogP contribution is -2.22. The third-order valence-electron chi connectivity index (χ3n) is 1.17. The summed E-state index contributed by atoms with van der Waals surface area (Å²) in [5, 5.41) is 4.04. The SMILES string of the molecule is C=NN1C(=O)CCC1=O. The van der Waals surface area contributed by atoms with Crippen molar-refractivity contribution in [2.45, 2.75) is 12.8 Å². The van der Waals surface area contributed by atoms with Crippen molar-refractivity contribution in [1.29, 1.82) is 0 Å². The summed E-state index contributed by atoms with van der Waals surface area (Å²) in [6.07, 6.45) is 0.551. The topological polar surface area (TPSA) is 49.7 Å². The van der Waals surface area contributed by atoms with E-state index in [1.54, 1.807) is 0 Å². The van der Waals surface area contributed by atoms with Crippen LogP contribution in [0.2, 0.25) is 0 Å². The Morgan fingerprint density at radius 1 is 1.33 bits per heavy atom. The number of imide groups is 1. The standard InChI is InChI=1S/C5H6N2O2/c1-6-7-4(8)2-3-5(7)9/h1-3H2. The summed E-state index contributed by atoms with van der Waals surface area (Å²) in [7, 11) is 0. The third-order valence-corrected chi connectivity index (χ3v) is 1.17. The maximum atomic E-state index is 10.6. The van der Waals surface area contributed by atoms with E-state index in [4.69, 9.17) is 0 Å². The summed E-state index contributed by atoms with van der Waals surface area (Å²) in [5.74, 6) is -0.509. The Labute approximate surface area is 52.1 Å². The minimum atomic E-state index is -0.255. The highest BCUT2D eigenvalue weighted by Crippen LogP contribution is 2.10. The molecule has 4 nitrogen and oxygen atoms in total. The number of carbonyl (C=O) groups excluding carboxylic acids is 2. The smallest absolute Gasteiger partial charge is 0.250 e. The summed E-state index contributed by atoms with van der Waals surface area (Å²) >= 11 is 0. The molecule has 2 amide bonds. The van der Waals surface area contributed by atoms with Gasteiger partial charge < -0.3 is 0 Å². The molecule has 1 aliphatic rings. The highest BCUT2D eigenvalue weighted by atomic mass is 16.2. The van der Waals surface area contributed by atoms with Crippen molar-refractivity contribution in [3.8, 4) is 0 Å².